The number of phosphoric acid groups is 1. The quantitative estimate of drug-likeness (QED) is 0.250. The van der Waals surface area contributed by atoms with Crippen molar-refractivity contribution < 1.29 is 47.8 Å². The number of aromatic nitrogens is 2. The molecule has 7 N–H and O–H groups in total. The van der Waals surface area contributed by atoms with Crippen molar-refractivity contribution in [3.05, 3.63) is 22.7 Å². The Morgan fingerprint density at radius 1 is 1.23 bits per heavy atom. The van der Waals surface area contributed by atoms with E-state index in [0.717, 1.165) is 4.57 Å². The van der Waals surface area contributed by atoms with Crippen molar-refractivity contribution in [1.29, 1.82) is 0 Å². The molecule has 1 aliphatic heterocycles. The maximum absolute atomic E-state index is 12.3. The highest BCUT2D eigenvalue weighted by atomic mass is 31.2. The first-order valence-electron chi connectivity index (χ1n) is 9.46. The third-order valence-corrected chi connectivity index (χ3v) is 7.57. The van der Waals surface area contributed by atoms with Gasteiger partial charge in [0.1, 0.15) is 24.1 Å². The van der Waals surface area contributed by atoms with Gasteiger partial charge in [-0.25, -0.2) is 9.36 Å². The van der Waals surface area contributed by atoms with Crippen LogP contribution in [-0.4, -0.2) is 65.2 Å². The van der Waals surface area contributed by atoms with Crippen LogP contribution in [0, 0.1) is 5.92 Å². The maximum atomic E-state index is 12.3. The fourth-order valence-corrected chi connectivity index (χ4v) is 6.25. The van der Waals surface area contributed by atoms with Gasteiger partial charge in [0, 0.05) is 6.20 Å². The van der Waals surface area contributed by atoms with Gasteiger partial charge >= 0.3 is 21.1 Å². The molecule has 2 fully saturated rings. The van der Waals surface area contributed by atoms with Crippen molar-refractivity contribution in [2.24, 2.45) is 5.92 Å². The van der Waals surface area contributed by atoms with E-state index in [1.165, 1.54) is 12.3 Å². The number of ether oxygens (including phenoxy) is 1. The van der Waals surface area contributed by atoms with E-state index < -0.39 is 64.0 Å². The lowest BCUT2D eigenvalue weighted by Crippen LogP contribution is -2.36. The van der Waals surface area contributed by atoms with Gasteiger partial charge in [0.2, 0.25) is 0 Å². The van der Waals surface area contributed by atoms with Crippen LogP contribution in [0.5, 0.6) is 0 Å². The van der Waals surface area contributed by atoms with E-state index in [-0.39, 0.29) is 5.82 Å². The SMILES string of the molecule is Nc1ccn([C@@H]2O[C@H](COP(=O)(O)OC(C3CCCC3)P(=O)(O)O)[C@@H](O)[C@H]2O)c(=O)n1. The summed E-state index contributed by atoms with van der Waals surface area (Å²) in [5.74, 6) is -2.47. The van der Waals surface area contributed by atoms with E-state index >= 15 is 0 Å². The molecular formula is C15H25N3O11P2. The second kappa shape index (κ2) is 9.36. The molecule has 0 bridgehead atoms. The van der Waals surface area contributed by atoms with E-state index in [2.05, 4.69) is 4.98 Å². The number of hydrogen-bond acceptors (Lipinski definition) is 10. The summed E-state index contributed by atoms with van der Waals surface area (Å²) in [6.07, 6.45) is -2.46. The molecular weight excluding hydrogens is 460 g/mol. The summed E-state index contributed by atoms with van der Waals surface area (Å²) in [6.45, 7) is -0.766. The van der Waals surface area contributed by atoms with E-state index in [4.69, 9.17) is 19.5 Å². The average Bonchev–Trinajstić information content (AvgIpc) is 3.28. The lowest BCUT2D eigenvalue weighted by molar-refractivity contribution is -0.0560. The van der Waals surface area contributed by atoms with Gasteiger partial charge in [-0.05, 0) is 24.8 Å². The van der Waals surface area contributed by atoms with Crippen LogP contribution in [0.25, 0.3) is 0 Å². The zero-order valence-corrected chi connectivity index (χ0v) is 18.0. The summed E-state index contributed by atoms with van der Waals surface area (Å²) in [7, 11) is -9.83. The molecule has 1 saturated carbocycles. The van der Waals surface area contributed by atoms with Crippen LogP contribution in [0.1, 0.15) is 31.9 Å². The fraction of sp³-hybridized carbons (Fsp3) is 0.733. The Hall–Kier alpha value is -1.18. The van der Waals surface area contributed by atoms with E-state index in [1.807, 2.05) is 0 Å². The maximum Gasteiger partial charge on any atom is 0.473 e. The Balaban J connectivity index is 1.66. The predicted molar refractivity (Wildman–Crippen MR) is 103 cm³/mol. The minimum Gasteiger partial charge on any atom is -0.387 e. The summed E-state index contributed by atoms with van der Waals surface area (Å²) in [6, 6.07) is 1.27. The molecule has 2 unspecified atom stereocenters. The van der Waals surface area contributed by atoms with E-state index in [9.17, 15) is 38.8 Å². The van der Waals surface area contributed by atoms with E-state index in [0.29, 0.717) is 25.7 Å². The van der Waals surface area contributed by atoms with Crippen LogP contribution in [0.3, 0.4) is 0 Å². The normalized spacial score (nSPS) is 30.4. The number of aliphatic hydroxyl groups excluding tert-OH is 2. The molecule has 2 aliphatic rings. The minimum atomic E-state index is -4.97. The highest BCUT2D eigenvalue weighted by molar-refractivity contribution is 7.54. The average molecular weight is 485 g/mol. The molecule has 0 aromatic carbocycles. The zero-order valence-electron chi connectivity index (χ0n) is 16.2. The first-order chi connectivity index (χ1) is 14.4. The highest BCUT2D eigenvalue weighted by Gasteiger charge is 2.47. The molecule has 2 heterocycles. The van der Waals surface area contributed by atoms with Gasteiger partial charge in [0.15, 0.2) is 12.1 Å². The molecule has 1 saturated heterocycles. The zero-order chi connectivity index (χ0) is 23.0. The second-order valence-corrected chi connectivity index (χ2v) is 10.6. The molecule has 6 atom stereocenters. The topological polar surface area (TPSA) is 224 Å². The summed E-state index contributed by atoms with van der Waals surface area (Å²) in [4.78, 5) is 44.4. The summed E-state index contributed by atoms with van der Waals surface area (Å²) in [5.41, 5.74) is 4.55. The Kier molecular flexibility index (Phi) is 7.38. The number of hydrogen-bond donors (Lipinski definition) is 6. The molecule has 176 valence electrons. The monoisotopic (exact) mass is 485 g/mol. The molecule has 0 spiro atoms. The predicted octanol–water partition coefficient (Wildman–Crippen LogP) is -0.728. The fourth-order valence-electron chi connectivity index (χ4n) is 3.72. The molecule has 16 heteroatoms. The lowest BCUT2D eigenvalue weighted by Gasteiger charge is -2.26. The third kappa shape index (κ3) is 5.79. The van der Waals surface area contributed by atoms with Crippen molar-refractivity contribution in [2.45, 2.75) is 56.1 Å². The number of nitrogens with two attached hydrogens (primary N) is 1. The first kappa shape index (κ1) is 24.5. The molecule has 14 nitrogen and oxygen atoms in total. The van der Waals surface area contributed by atoms with Gasteiger partial charge in [0.25, 0.3) is 0 Å². The summed E-state index contributed by atoms with van der Waals surface area (Å²) in [5, 5.41) is 20.3. The van der Waals surface area contributed by atoms with E-state index in [1.54, 1.807) is 0 Å². The molecule has 0 radical (unpaired) electrons. The van der Waals surface area contributed by atoms with Gasteiger partial charge < -0.3 is 35.4 Å². The molecule has 0 amide bonds. The van der Waals surface area contributed by atoms with Crippen molar-refractivity contribution in [1.82, 2.24) is 9.55 Å². The molecule has 1 aliphatic carbocycles. The molecule has 1 aromatic rings. The minimum absolute atomic E-state index is 0.0607. The number of nitrogen functional groups attached to an aromatic ring is 1. The van der Waals surface area contributed by atoms with Gasteiger partial charge in [-0.1, -0.05) is 12.8 Å². The van der Waals surface area contributed by atoms with Crippen LogP contribution < -0.4 is 11.4 Å². The van der Waals surface area contributed by atoms with Gasteiger partial charge in [-0.3, -0.25) is 18.2 Å². The lowest BCUT2D eigenvalue weighted by atomic mass is 10.1. The Bertz CT molecular complexity index is 931. The second-order valence-electron chi connectivity index (χ2n) is 7.48. The largest absolute Gasteiger partial charge is 0.473 e. The summed E-state index contributed by atoms with van der Waals surface area (Å²) < 4.78 is 39.9. The van der Waals surface area contributed by atoms with Crippen LogP contribution in [-0.2, 0) is 22.9 Å². The van der Waals surface area contributed by atoms with Crippen molar-refractivity contribution in [3.63, 3.8) is 0 Å². The van der Waals surface area contributed by atoms with Crippen LogP contribution in [0.15, 0.2) is 17.1 Å². The molecule has 1 aromatic heterocycles. The van der Waals surface area contributed by atoms with Crippen molar-refractivity contribution in [3.8, 4) is 0 Å². The van der Waals surface area contributed by atoms with Crippen LogP contribution in [0.4, 0.5) is 5.82 Å². The van der Waals surface area contributed by atoms with Crippen molar-refractivity contribution >= 4 is 21.2 Å². The first-order valence-corrected chi connectivity index (χ1v) is 12.6. The van der Waals surface area contributed by atoms with Crippen LogP contribution >= 0.6 is 15.4 Å². The number of rotatable bonds is 8. The molecule has 3 rings (SSSR count). The smallest absolute Gasteiger partial charge is 0.387 e. The Labute approximate surface area is 176 Å². The van der Waals surface area contributed by atoms with Gasteiger partial charge in [0.05, 0.1) is 6.61 Å². The van der Waals surface area contributed by atoms with Crippen molar-refractivity contribution in [2.75, 3.05) is 12.3 Å². The molecule has 31 heavy (non-hydrogen) atoms. The number of anilines is 1. The standard InChI is InChI=1S/C15H25N3O11P2/c16-10-5-6-18(15(21)17-10)13-12(20)11(19)9(28-13)7-27-31(25,26)29-14(30(22,23)24)8-3-1-2-4-8/h5-6,8-9,11-14,19-20H,1-4,7H2,(H,25,26)(H2,16,17,21)(H2,22,23,24)/t9-,11-,12-,13-,14?/m1/s1. The Morgan fingerprint density at radius 2 is 1.87 bits per heavy atom. The van der Waals surface area contributed by atoms with Crippen LogP contribution in [0.2, 0.25) is 0 Å². The number of phosphoric ester groups is 1. The number of aliphatic hydroxyl groups is 2. The van der Waals surface area contributed by atoms with Gasteiger partial charge in [-0.2, -0.15) is 4.98 Å². The van der Waals surface area contributed by atoms with Gasteiger partial charge in [-0.15, -0.1) is 0 Å². The Morgan fingerprint density at radius 3 is 2.45 bits per heavy atom. The number of nitrogens with zero attached hydrogens (tertiary/aromatic N) is 2. The summed E-state index contributed by atoms with van der Waals surface area (Å²) >= 11 is 0. The third-order valence-electron chi connectivity index (χ3n) is 5.24. The highest BCUT2D eigenvalue weighted by Crippen LogP contribution is 2.57.